The molecule has 74 heavy (non-hydrogen) atoms. The number of rotatable bonds is 59. The molecule has 0 aromatic heterocycles. The fourth-order valence-corrected chi connectivity index (χ4v) is 11.3. The summed E-state index contributed by atoms with van der Waals surface area (Å²) in [7, 11) is 0. The summed E-state index contributed by atoms with van der Waals surface area (Å²) in [6.45, 7) is 1.19. The Kier molecular flexibility index (Phi) is 55.1. The Balaban J connectivity index is 1.66. The predicted molar refractivity (Wildman–Crippen MR) is 320 cm³/mol. The van der Waals surface area contributed by atoms with Crippen LogP contribution in [0.4, 0.5) is 0 Å². The SMILES string of the molecule is CCCCC/C=C/CCCCCCCCCCCCCCCCCCCCCCCCCCCCCCCCCCCCCCCCCCCCCCCCCCCCC1CC(=O)OCC(CO)(CO)COC1=O. The van der Waals surface area contributed by atoms with Gasteiger partial charge in [0, 0.05) is 0 Å². The van der Waals surface area contributed by atoms with Crippen LogP contribution < -0.4 is 0 Å². The third-order valence-corrected chi connectivity index (χ3v) is 16.8. The third-order valence-electron chi connectivity index (χ3n) is 16.8. The van der Waals surface area contributed by atoms with Gasteiger partial charge in [-0.1, -0.05) is 347 Å². The van der Waals surface area contributed by atoms with Crippen molar-refractivity contribution in [1.82, 2.24) is 0 Å². The number of unbranched alkanes of at least 4 members (excludes halogenated alkanes) is 53. The molecular formula is C68H130O6. The van der Waals surface area contributed by atoms with E-state index in [1.54, 1.807) is 0 Å². The molecule has 1 heterocycles. The van der Waals surface area contributed by atoms with Crippen LogP contribution in [-0.2, 0) is 19.1 Å². The fraction of sp³-hybridized carbons (Fsp3) is 0.941. The third kappa shape index (κ3) is 48.9. The zero-order valence-electron chi connectivity index (χ0n) is 49.9. The minimum atomic E-state index is -1.12. The molecule has 0 amide bonds. The molecule has 1 fully saturated rings. The van der Waals surface area contributed by atoms with E-state index in [4.69, 9.17) is 9.47 Å². The summed E-state index contributed by atoms with van der Waals surface area (Å²) in [5, 5.41) is 19.2. The molecule has 2 N–H and O–H groups in total. The Labute approximate surface area is 462 Å². The van der Waals surface area contributed by atoms with Crippen molar-refractivity contribution in [2.75, 3.05) is 26.4 Å². The van der Waals surface area contributed by atoms with Crippen molar-refractivity contribution in [3.05, 3.63) is 12.2 Å². The maximum atomic E-state index is 12.6. The molecule has 1 saturated heterocycles. The van der Waals surface area contributed by atoms with Crippen LogP contribution >= 0.6 is 0 Å². The first-order valence-corrected chi connectivity index (χ1v) is 33.8. The van der Waals surface area contributed by atoms with Gasteiger partial charge in [0.25, 0.3) is 0 Å². The first kappa shape index (κ1) is 70.6. The summed E-state index contributed by atoms with van der Waals surface area (Å²) in [5.74, 6) is -1.40. The van der Waals surface area contributed by atoms with Crippen LogP contribution in [0.25, 0.3) is 0 Å². The summed E-state index contributed by atoms with van der Waals surface area (Å²) in [5.41, 5.74) is -1.12. The van der Waals surface area contributed by atoms with E-state index >= 15 is 0 Å². The number of ether oxygens (including phenoxy) is 2. The molecule has 0 radical (unpaired) electrons. The minimum Gasteiger partial charge on any atom is -0.465 e. The fourth-order valence-electron chi connectivity index (χ4n) is 11.3. The molecule has 0 aliphatic carbocycles. The van der Waals surface area contributed by atoms with Crippen molar-refractivity contribution in [3.8, 4) is 0 Å². The summed E-state index contributed by atoms with van der Waals surface area (Å²) < 4.78 is 10.6. The maximum absolute atomic E-state index is 12.6. The minimum absolute atomic E-state index is 0.00527. The van der Waals surface area contributed by atoms with Crippen LogP contribution in [0.5, 0.6) is 0 Å². The quantitative estimate of drug-likeness (QED) is 0.0358. The normalized spacial score (nSPS) is 15.1. The Morgan fingerprint density at radius 2 is 0.581 bits per heavy atom. The second-order valence-corrected chi connectivity index (χ2v) is 24.2. The van der Waals surface area contributed by atoms with Crippen LogP contribution in [0, 0.1) is 11.3 Å². The average molecular weight is 1040 g/mol. The summed E-state index contributed by atoms with van der Waals surface area (Å²) in [4.78, 5) is 24.8. The molecule has 0 spiro atoms. The van der Waals surface area contributed by atoms with E-state index in [0.29, 0.717) is 6.42 Å². The van der Waals surface area contributed by atoms with Gasteiger partial charge in [-0.25, -0.2) is 0 Å². The monoisotopic (exact) mass is 1040 g/mol. The molecule has 0 saturated carbocycles. The Morgan fingerprint density at radius 1 is 0.351 bits per heavy atom. The molecule has 1 unspecified atom stereocenters. The summed E-state index contributed by atoms with van der Waals surface area (Å²) in [6.07, 6.45) is 83.2. The van der Waals surface area contributed by atoms with Gasteiger partial charge >= 0.3 is 11.9 Å². The summed E-state index contributed by atoms with van der Waals surface area (Å²) in [6, 6.07) is 0. The highest BCUT2D eigenvalue weighted by Gasteiger charge is 2.36. The van der Waals surface area contributed by atoms with Crippen molar-refractivity contribution >= 4 is 11.9 Å². The van der Waals surface area contributed by atoms with Crippen LogP contribution in [0.2, 0.25) is 0 Å². The molecule has 1 aliphatic heterocycles. The highest BCUT2D eigenvalue weighted by molar-refractivity contribution is 5.80. The van der Waals surface area contributed by atoms with Gasteiger partial charge in [0.05, 0.1) is 31.0 Å². The van der Waals surface area contributed by atoms with E-state index in [0.717, 1.165) is 19.3 Å². The Hall–Kier alpha value is -1.40. The lowest BCUT2D eigenvalue weighted by molar-refractivity contribution is -0.155. The standard InChI is InChI=1S/C68H130O6/c1-2-3-4-5-6-7-8-9-10-11-12-13-14-15-16-17-18-19-20-21-22-23-24-25-26-27-28-29-30-31-32-33-34-35-36-37-38-39-40-41-42-43-44-45-46-47-48-49-50-51-52-53-54-55-56-57-58-59-65-60-66(71)73-63-68(61-69,62-70)64-74-67(65)72/h6-7,65,69-70H,2-5,8-64H2,1H3/b7-6+. The highest BCUT2D eigenvalue weighted by atomic mass is 16.6. The largest absolute Gasteiger partial charge is 0.465 e. The van der Waals surface area contributed by atoms with Crippen LogP contribution in [-0.4, -0.2) is 48.6 Å². The van der Waals surface area contributed by atoms with Crippen molar-refractivity contribution < 1.29 is 29.3 Å². The molecule has 1 atom stereocenters. The van der Waals surface area contributed by atoms with Crippen molar-refractivity contribution in [1.29, 1.82) is 0 Å². The number of esters is 2. The van der Waals surface area contributed by atoms with Crippen LogP contribution in [0.3, 0.4) is 0 Å². The number of hydrogen-bond acceptors (Lipinski definition) is 6. The average Bonchev–Trinajstić information content (AvgIpc) is 3.47. The van der Waals surface area contributed by atoms with Gasteiger partial charge in [-0.05, 0) is 32.1 Å². The molecule has 1 aliphatic rings. The lowest BCUT2D eigenvalue weighted by atomic mass is 9.92. The molecule has 1 rings (SSSR count). The number of allylic oxidation sites excluding steroid dienone is 2. The van der Waals surface area contributed by atoms with E-state index in [2.05, 4.69) is 19.1 Å². The van der Waals surface area contributed by atoms with E-state index in [-0.39, 0.29) is 19.6 Å². The van der Waals surface area contributed by atoms with Crippen LogP contribution in [0.1, 0.15) is 373 Å². The number of carbonyl (C=O) groups is 2. The van der Waals surface area contributed by atoms with E-state index in [1.165, 1.54) is 334 Å². The van der Waals surface area contributed by atoms with Gasteiger partial charge < -0.3 is 19.7 Å². The zero-order valence-corrected chi connectivity index (χ0v) is 49.9. The van der Waals surface area contributed by atoms with Crippen molar-refractivity contribution in [2.24, 2.45) is 11.3 Å². The zero-order chi connectivity index (χ0) is 53.2. The van der Waals surface area contributed by atoms with E-state index in [1.807, 2.05) is 0 Å². The smallest absolute Gasteiger partial charge is 0.309 e. The molecule has 0 aromatic rings. The van der Waals surface area contributed by atoms with Gasteiger partial charge in [-0.3, -0.25) is 9.59 Å². The Bertz CT molecular complexity index is 1160. The van der Waals surface area contributed by atoms with E-state index < -0.39 is 36.5 Å². The molecule has 6 nitrogen and oxygen atoms in total. The van der Waals surface area contributed by atoms with Gasteiger partial charge in [-0.2, -0.15) is 0 Å². The highest BCUT2D eigenvalue weighted by Crippen LogP contribution is 2.25. The van der Waals surface area contributed by atoms with E-state index in [9.17, 15) is 19.8 Å². The first-order valence-electron chi connectivity index (χ1n) is 33.8. The van der Waals surface area contributed by atoms with Gasteiger partial charge in [0.2, 0.25) is 0 Å². The maximum Gasteiger partial charge on any atom is 0.309 e. The van der Waals surface area contributed by atoms with Gasteiger partial charge in [0.1, 0.15) is 13.2 Å². The number of carbonyl (C=O) groups excluding carboxylic acids is 2. The van der Waals surface area contributed by atoms with Crippen molar-refractivity contribution in [2.45, 2.75) is 373 Å². The predicted octanol–water partition coefficient (Wildman–Crippen LogP) is 21.5. The second-order valence-electron chi connectivity index (χ2n) is 24.2. The van der Waals surface area contributed by atoms with Crippen molar-refractivity contribution in [3.63, 3.8) is 0 Å². The number of aliphatic hydroxyl groups is 2. The lowest BCUT2D eigenvalue weighted by Crippen LogP contribution is -2.40. The first-order chi connectivity index (χ1) is 36.6. The molecular weight excluding hydrogens is 913 g/mol. The lowest BCUT2D eigenvalue weighted by Gasteiger charge is -2.27. The topological polar surface area (TPSA) is 93.1 Å². The molecule has 6 heteroatoms. The molecule has 0 aromatic carbocycles. The van der Waals surface area contributed by atoms with Gasteiger partial charge in [-0.15, -0.1) is 0 Å². The second kappa shape index (κ2) is 57.8. The number of aliphatic hydroxyl groups excluding tert-OH is 2. The number of hydrogen-bond donors (Lipinski definition) is 2. The van der Waals surface area contributed by atoms with Gasteiger partial charge in [0.15, 0.2) is 0 Å². The summed E-state index contributed by atoms with van der Waals surface area (Å²) >= 11 is 0. The Morgan fingerprint density at radius 3 is 0.838 bits per heavy atom. The number of cyclic esters (lactones) is 2. The van der Waals surface area contributed by atoms with Crippen LogP contribution in [0.15, 0.2) is 12.2 Å². The molecule has 438 valence electrons. The molecule has 0 bridgehead atoms.